The zero-order valence-electron chi connectivity index (χ0n) is 24.6. The van der Waals surface area contributed by atoms with Crippen molar-refractivity contribution in [2.24, 2.45) is 5.73 Å². The number of hydrogen-bond donors (Lipinski definition) is 3. The molecular formula is C34H36ClFN6O2. The third-order valence-electron chi connectivity index (χ3n) is 7.60. The molecule has 1 aliphatic heterocycles. The molecule has 4 N–H and O–H groups in total. The van der Waals surface area contributed by atoms with Gasteiger partial charge in [0.25, 0.3) is 0 Å². The highest BCUT2D eigenvalue weighted by molar-refractivity contribution is 6.31. The lowest BCUT2D eigenvalue weighted by Gasteiger charge is -2.31. The van der Waals surface area contributed by atoms with Gasteiger partial charge >= 0.3 is 0 Å². The van der Waals surface area contributed by atoms with Crippen LogP contribution < -0.4 is 11.1 Å². The van der Waals surface area contributed by atoms with E-state index in [1.54, 1.807) is 25.1 Å². The van der Waals surface area contributed by atoms with Gasteiger partial charge in [-0.3, -0.25) is 0 Å². The normalized spacial score (nSPS) is 16.0. The number of nitrogens with one attached hydrogen (secondary N) is 1. The molecule has 0 radical (unpaired) electrons. The second-order valence-corrected chi connectivity index (χ2v) is 11.4. The predicted octanol–water partition coefficient (Wildman–Crippen LogP) is 5.64. The maximum Gasteiger partial charge on any atom is 0.142 e. The number of terminal acetylenes is 1. The summed E-state index contributed by atoms with van der Waals surface area (Å²) in [6.45, 7) is 4.86. The molecule has 0 bridgehead atoms. The maximum atomic E-state index is 13.5. The van der Waals surface area contributed by atoms with Crippen LogP contribution in [0.5, 0.6) is 0 Å². The SMILES string of the molecule is C#C/C(=C\C(Cl)=C(/C)OCc1cccc(F)c1)Nc1ncnc2ccc(-c3ccn(CC(O)CN4CCC(N)CC4)c3)cc12. The van der Waals surface area contributed by atoms with Gasteiger partial charge < -0.3 is 30.4 Å². The van der Waals surface area contributed by atoms with Gasteiger partial charge in [0.05, 0.1) is 22.3 Å². The average Bonchev–Trinajstić information content (AvgIpc) is 3.48. The Morgan fingerprint density at radius 1 is 1.20 bits per heavy atom. The number of piperidine rings is 1. The second kappa shape index (κ2) is 14.5. The van der Waals surface area contributed by atoms with Crippen molar-refractivity contribution in [2.45, 2.75) is 45.1 Å². The van der Waals surface area contributed by atoms with E-state index >= 15 is 0 Å². The first-order valence-electron chi connectivity index (χ1n) is 14.5. The van der Waals surface area contributed by atoms with Crippen molar-refractivity contribution >= 4 is 28.3 Å². The number of aliphatic hydroxyl groups is 1. The molecule has 4 aromatic rings. The van der Waals surface area contributed by atoms with Gasteiger partial charge in [0.2, 0.25) is 0 Å². The van der Waals surface area contributed by atoms with Gasteiger partial charge in [0, 0.05) is 36.9 Å². The van der Waals surface area contributed by atoms with Crippen molar-refractivity contribution in [1.29, 1.82) is 0 Å². The summed E-state index contributed by atoms with van der Waals surface area (Å²) in [7, 11) is 0. The van der Waals surface area contributed by atoms with Crippen molar-refractivity contribution in [1.82, 2.24) is 19.4 Å². The van der Waals surface area contributed by atoms with Crippen LogP contribution in [0.25, 0.3) is 22.0 Å². The number of aliphatic hydroxyl groups excluding tert-OH is 1. The summed E-state index contributed by atoms with van der Waals surface area (Å²) in [4.78, 5) is 11.1. The Balaban J connectivity index is 1.28. The van der Waals surface area contributed by atoms with E-state index < -0.39 is 6.10 Å². The van der Waals surface area contributed by atoms with E-state index in [0.29, 0.717) is 41.0 Å². The highest BCUT2D eigenvalue weighted by atomic mass is 35.5. The van der Waals surface area contributed by atoms with Crippen LogP contribution in [0, 0.1) is 18.2 Å². The van der Waals surface area contributed by atoms with Crippen LogP contribution in [0.3, 0.4) is 0 Å². The highest BCUT2D eigenvalue weighted by Crippen LogP contribution is 2.28. The van der Waals surface area contributed by atoms with Crippen LogP contribution in [0.2, 0.25) is 0 Å². The maximum absolute atomic E-state index is 13.5. The molecule has 1 aliphatic rings. The van der Waals surface area contributed by atoms with Crippen molar-refractivity contribution in [3.8, 4) is 23.5 Å². The quantitative estimate of drug-likeness (QED) is 0.114. The number of halogens is 2. The molecule has 1 atom stereocenters. The molecule has 0 amide bonds. The first-order valence-corrected chi connectivity index (χ1v) is 14.9. The number of allylic oxidation sites excluding steroid dienone is 4. The number of benzene rings is 2. The molecule has 1 unspecified atom stereocenters. The first-order chi connectivity index (χ1) is 21.3. The molecule has 2 aromatic carbocycles. The molecular weight excluding hydrogens is 579 g/mol. The van der Waals surface area contributed by atoms with E-state index in [-0.39, 0.29) is 18.5 Å². The Hall–Kier alpha value is -4.20. The van der Waals surface area contributed by atoms with Crippen LogP contribution in [-0.4, -0.2) is 56.3 Å². The smallest absolute Gasteiger partial charge is 0.142 e. The Morgan fingerprint density at radius 3 is 2.80 bits per heavy atom. The highest BCUT2D eigenvalue weighted by Gasteiger charge is 2.19. The Labute approximate surface area is 262 Å². The number of nitrogens with zero attached hydrogens (tertiary/aromatic N) is 4. The molecule has 1 saturated heterocycles. The van der Waals surface area contributed by atoms with Gasteiger partial charge in [0.15, 0.2) is 0 Å². The number of hydrogen-bond acceptors (Lipinski definition) is 7. The number of anilines is 1. The fourth-order valence-corrected chi connectivity index (χ4v) is 5.32. The van der Waals surface area contributed by atoms with Gasteiger partial charge in [0.1, 0.15) is 30.3 Å². The first kappa shape index (κ1) is 31.2. The number of rotatable bonds is 11. The van der Waals surface area contributed by atoms with Crippen molar-refractivity contribution in [3.63, 3.8) is 0 Å². The molecule has 44 heavy (non-hydrogen) atoms. The second-order valence-electron chi connectivity index (χ2n) is 11.0. The zero-order valence-corrected chi connectivity index (χ0v) is 25.3. The molecule has 0 spiro atoms. The van der Waals surface area contributed by atoms with Crippen molar-refractivity contribution in [3.05, 3.63) is 101 Å². The van der Waals surface area contributed by atoms with Crippen LogP contribution in [0.15, 0.2) is 89.8 Å². The Bertz CT molecular complexity index is 1700. The largest absolute Gasteiger partial charge is 0.492 e. The molecule has 0 saturated carbocycles. The third kappa shape index (κ3) is 8.24. The number of ether oxygens (including phenoxy) is 1. The van der Waals surface area contributed by atoms with Crippen molar-refractivity contribution < 1.29 is 14.2 Å². The van der Waals surface area contributed by atoms with E-state index in [2.05, 4.69) is 26.1 Å². The van der Waals surface area contributed by atoms with E-state index in [4.69, 9.17) is 28.5 Å². The molecule has 2 aromatic heterocycles. The minimum Gasteiger partial charge on any atom is -0.492 e. The van der Waals surface area contributed by atoms with Gasteiger partial charge in [-0.1, -0.05) is 35.7 Å². The lowest BCUT2D eigenvalue weighted by atomic mass is 10.1. The van der Waals surface area contributed by atoms with Gasteiger partial charge in [-0.15, -0.1) is 6.42 Å². The van der Waals surface area contributed by atoms with Crippen LogP contribution in [0.1, 0.15) is 25.3 Å². The number of likely N-dealkylation sites (tertiary alicyclic amines) is 1. The summed E-state index contributed by atoms with van der Waals surface area (Å²) in [5, 5.41) is 15.0. The van der Waals surface area contributed by atoms with Gasteiger partial charge in [-0.2, -0.15) is 0 Å². The minimum atomic E-state index is -0.476. The van der Waals surface area contributed by atoms with Crippen molar-refractivity contribution in [2.75, 3.05) is 25.0 Å². The number of nitrogens with two attached hydrogens (primary N) is 1. The van der Waals surface area contributed by atoms with E-state index in [1.165, 1.54) is 18.5 Å². The summed E-state index contributed by atoms with van der Waals surface area (Å²) in [6, 6.07) is 14.4. The van der Waals surface area contributed by atoms with E-state index in [0.717, 1.165) is 48.0 Å². The number of fused-ring (bicyclic) bond motifs is 1. The standard InChI is InChI=1S/C34H36ClFN6O2/c1-3-29(17-32(35)23(2)44-21-24-5-4-6-27(36)15-24)40-34-31-16-25(7-8-33(31)38-22-39-34)26-9-12-42(18-26)20-30(43)19-41-13-10-28(37)11-14-41/h1,4-9,12,15-18,22,28,30,43H,10-11,13-14,19-21,37H2,2H3,(H,38,39,40)/b29-17+,32-23-. The summed E-state index contributed by atoms with van der Waals surface area (Å²) in [6.07, 6.45) is 14.3. The van der Waals surface area contributed by atoms with Gasteiger partial charge in [-0.25, -0.2) is 14.4 Å². The van der Waals surface area contributed by atoms with Crippen LogP contribution >= 0.6 is 11.6 Å². The fraction of sp³-hybridized carbons (Fsp3) is 0.294. The average molecular weight is 615 g/mol. The minimum absolute atomic E-state index is 0.167. The number of aromatic nitrogens is 3. The predicted molar refractivity (Wildman–Crippen MR) is 173 cm³/mol. The monoisotopic (exact) mass is 614 g/mol. The lowest BCUT2D eigenvalue weighted by Crippen LogP contribution is -2.43. The Morgan fingerprint density at radius 2 is 2.02 bits per heavy atom. The molecule has 1 fully saturated rings. The molecule has 3 heterocycles. The molecule has 8 nitrogen and oxygen atoms in total. The Kier molecular flexibility index (Phi) is 10.3. The van der Waals surface area contributed by atoms with Crippen LogP contribution in [0.4, 0.5) is 10.2 Å². The fourth-order valence-electron chi connectivity index (χ4n) is 5.15. The third-order valence-corrected chi connectivity index (χ3v) is 7.98. The lowest BCUT2D eigenvalue weighted by molar-refractivity contribution is 0.0853. The van der Waals surface area contributed by atoms with E-state index in [1.807, 2.05) is 41.2 Å². The summed E-state index contributed by atoms with van der Waals surface area (Å²) in [5.41, 5.74) is 9.79. The zero-order chi connectivity index (χ0) is 31.1. The van der Waals surface area contributed by atoms with Crippen LogP contribution in [-0.2, 0) is 17.9 Å². The molecule has 0 aliphatic carbocycles. The molecule has 10 heteroatoms. The van der Waals surface area contributed by atoms with Gasteiger partial charge in [-0.05, 0) is 86.0 Å². The van der Waals surface area contributed by atoms with E-state index in [9.17, 15) is 9.50 Å². The molecule has 228 valence electrons. The summed E-state index contributed by atoms with van der Waals surface area (Å²) < 4.78 is 21.2. The topological polar surface area (TPSA) is 101 Å². The molecule has 5 rings (SSSR count). The summed E-state index contributed by atoms with van der Waals surface area (Å²) in [5.74, 6) is 3.25. The summed E-state index contributed by atoms with van der Waals surface area (Å²) >= 11 is 6.50. The number of β-amino-alcohol motifs (C(OH)–C–C–N with tert-alkyl or cyclic N) is 1.